The summed E-state index contributed by atoms with van der Waals surface area (Å²) in [6, 6.07) is 8.46. The number of nitrogens with zero attached hydrogens (tertiary/aromatic N) is 2. The molecule has 0 radical (unpaired) electrons. The Morgan fingerprint density at radius 3 is 2.63 bits per heavy atom. The van der Waals surface area contributed by atoms with Gasteiger partial charge in [0, 0.05) is 24.6 Å². The van der Waals surface area contributed by atoms with E-state index in [2.05, 4.69) is 48.1 Å². The SMILES string of the molecule is Cc1cccc(N(C)Cc2ncc(C)c(N)c2C)c1. The Morgan fingerprint density at radius 1 is 1.21 bits per heavy atom. The van der Waals surface area contributed by atoms with Gasteiger partial charge in [-0.1, -0.05) is 12.1 Å². The van der Waals surface area contributed by atoms with Gasteiger partial charge in [-0.05, 0) is 49.6 Å². The number of pyridine rings is 1. The predicted octanol–water partition coefficient (Wildman–Crippen LogP) is 3.23. The van der Waals surface area contributed by atoms with Gasteiger partial charge in [0.05, 0.1) is 12.2 Å². The lowest BCUT2D eigenvalue weighted by atomic mass is 10.1. The number of benzene rings is 1. The minimum Gasteiger partial charge on any atom is -0.398 e. The van der Waals surface area contributed by atoms with Crippen LogP contribution in [-0.2, 0) is 6.54 Å². The van der Waals surface area contributed by atoms with Gasteiger partial charge in [-0.3, -0.25) is 4.98 Å². The molecule has 2 N–H and O–H groups in total. The standard InChI is InChI=1S/C16H21N3/c1-11-6-5-7-14(8-11)19(4)10-15-13(3)16(17)12(2)9-18-15/h5-9H,10H2,1-4H3,(H2,17,18). The molecule has 0 aliphatic rings. The predicted molar refractivity (Wildman–Crippen MR) is 81.4 cm³/mol. The van der Waals surface area contributed by atoms with Gasteiger partial charge in [-0.25, -0.2) is 0 Å². The Bertz CT molecular complexity index is 591. The molecular weight excluding hydrogens is 234 g/mol. The zero-order chi connectivity index (χ0) is 14.0. The molecule has 0 unspecified atom stereocenters. The third-order valence-electron chi connectivity index (χ3n) is 3.51. The minimum atomic E-state index is 0.764. The Labute approximate surface area is 115 Å². The number of anilines is 2. The third-order valence-corrected chi connectivity index (χ3v) is 3.51. The molecule has 1 aromatic heterocycles. The molecule has 0 saturated carbocycles. The van der Waals surface area contributed by atoms with Gasteiger partial charge in [0.15, 0.2) is 0 Å². The lowest BCUT2D eigenvalue weighted by Crippen LogP contribution is -2.18. The van der Waals surface area contributed by atoms with Crippen LogP contribution in [0.4, 0.5) is 11.4 Å². The number of hydrogen-bond acceptors (Lipinski definition) is 3. The number of rotatable bonds is 3. The van der Waals surface area contributed by atoms with Crippen molar-refractivity contribution in [1.29, 1.82) is 0 Å². The van der Waals surface area contributed by atoms with Gasteiger partial charge in [-0.2, -0.15) is 0 Å². The molecule has 100 valence electrons. The zero-order valence-electron chi connectivity index (χ0n) is 12.1. The van der Waals surface area contributed by atoms with Crippen molar-refractivity contribution in [2.45, 2.75) is 27.3 Å². The zero-order valence-corrected chi connectivity index (χ0v) is 12.1. The fraction of sp³-hybridized carbons (Fsp3) is 0.312. The molecule has 0 amide bonds. The van der Waals surface area contributed by atoms with Crippen LogP contribution in [0.15, 0.2) is 30.5 Å². The van der Waals surface area contributed by atoms with E-state index in [1.807, 2.05) is 20.0 Å². The van der Waals surface area contributed by atoms with E-state index in [0.29, 0.717) is 0 Å². The molecule has 2 aromatic rings. The molecule has 3 heteroatoms. The van der Waals surface area contributed by atoms with Crippen molar-refractivity contribution < 1.29 is 0 Å². The van der Waals surface area contributed by atoms with E-state index in [9.17, 15) is 0 Å². The highest BCUT2D eigenvalue weighted by Crippen LogP contribution is 2.21. The van der Waals surface area contributed by atoms with Crippen LogP contribution in [0.2, 0.25) is 0 Å². The van der Waals surface area contributed by atoms with Gasteiger partial charge < -0.3 is 10.6 Å². The highest BCUT2D eigenvalue weighted by atomic mass is 15.1. The first-order valence-electron chi connectivity index (χ1n) is 6.47. The van der Waals surface area contributed by atoms with Gasteiger partial charge in [-0.15, -0.1) is 0 Å². The first-order valence-corrected chi connectivity index (χ1v) is 6.47. The summed E-state index contributed by atoms with van der Waals surface area (Å²) in [6.07, 6.45) is 1.85. The van der Waals surface area contributed by atoms with Crippen molar-refractivity contribution in [2.75, 3.05) is 17.7 Å². The first kappa shape index (κ1) is 13.4. The average molecular weight is 255 g/mol. The molecule has 0 fully saturated rings. The van der Waals surface area contributed by atoms with Crippen LogP contribution in [0, 0.1) is 20.8 Å². The molecule has 0 saturated heterocycles. The van der Waals surface area contributed by atoms with Crippen LogP contribution in [0.25, 0.3) is 0 Å². The summed E-state index contributed by atoms with van der Waals surface area (Å²) in [7, 11) is 2.08. The highest BCUT2D eigenvalue weighted by Gasteiger charge is 2.09. The summed E-state index contributed by atoms with van der Waals surface area (Å²) in [6.45, 7) is 6.89. The number of nitrogen functional groups attached to an aromatic ring is 1. The lowest BCUT2D eigenvalue weighted by Gasteiger charge is -2.21. The van der Waals surface area contributed by atoms with E-state index in [1.165, 1.54) is 11.3 Å². The Kier molecular flexibility index (Phi) is 3.74. The smallest absolute Gasteiger partial charge is 0.0646 e. The largest absolute Gasteiger partial charge is 0.398 e. The van der Waals surface area contributed by atoms with E-state index < -0.39 is 0 Å². The number of nitrogens with two attached hydrogens (primary N) is 1. The maximum atomic E-state index is 6.06. The summed E-state index contributed by atoms with van der Waals surface area (Å²) in [5.41, 5.74) is 12.5. The van der Waals surface area contributed by atoms with Crippen LogP contribution in [0.3, 0.4) is 0 Å². The Hall–Kier alpha value is -2.03. The normalized spacial score (nSPS) is 10.5. The second-order valence-electron chi connectivity index (χ2n) is 5.12. The molecular formula is C16H21N3. The van der Waals surface area contributed by atoms with Crippen molar-refractivity contribution in [3.05, 3.63) is 52.8 Å². The van der Waals surface area contributed by atoms with E-state index in [4.69, 9.17) is 5.73 Å². The van der Waals surface area contributed by atoms with Crippen molar-refractivity contribution >= 4 is 11.4 Å². The molecule has 0 aliphatic carbocycles. The summed E-state index contributed by atoms with van der Waals surface area (Å²) in [5, 5.41) is 0. The van der Waals surface area contributed by atoms with Crippen molar-refractivity contribution in [3.8, 4) is 0 Å². The summed E-state index contributed by atoms with van der Waals surface area (Å²) < 4.78 is 0. The summed E-state index contributed by atoms with van der Waals surface area (Å²) in [4.78, 5) is 6.70. The minimum absolute atomic E-state index is 0.764. The van der Waals surface area contributed by atoms with Crippen molar-refractivity contribution in [1.82, 2.24) is 4.98 Å². The van der Waals surface area contributed by atoms with Gasteiger partial charge in [0.25, 0.3) is 0 Å². The number of hydrogen-bond donors (Lipinski definition) is 1. The fourth-order valence-corrected chi connectivity index (χ4v) is 2.13. The summed E-state index contributed by atoms with van der Waals surface area (Å²) in [5.74, 6) is 0. The molecule has 0 spiro atoms. The quantitative estimate of drug-likeness (QED) is 0.915. The van der Waals surface area contributed by atoms with Gasteiger partial charge in [0.2, 0.25) is 0 Å². The first-order chi connectivity index (χ1) is 8.99. The second-order valence-corrected chi connectivity index (χ2v) is 5.12. The molecule has 19 heavy (non-hydrogen) atoms. The molecule has 2 rings (SSSR count). The molecule has 0 atom stereocenters. The highest BCUT2D eigenvalue weighted by molar-refractivity contribution is 5.55. The molecule has 0 bridgehead atoms. The maximum Gasteiger partial charge on any atom is 0.0646 e. The van der Waals surface area contributed by atoms with Crippen LogP contribution < -0.4 is 10.6 Å². The van der Waals surface area contributed by atoms with Crippen LogP contribution in [0.5, 0.6) is 0 Å². The van der Waals surface area contributed by atoms with E-state index in [1.54, 1.807) is 0 Å². The van der Waals surface area contributed by atoms with Crippen molar-refractivity contribution in [3.63, 3.8) is 0 Å². The topological polar surface area (TPSA) is 42.2 Å². The molecule has 1 aromatic carbocycles. The summed E-state index contributed by atoms with van der Waals surface area (Å²) >= 11 is 0. The van der Waals surface area contributed by atoms with Gasteiger partial charge in [0.1, 0.15) is 0 Å². The lowest BCUT2D eigenvalue weighted by molar-refractivity contribution is 0.872. The monoisotopic (exact) mass is 255 g/mol. The third kappa shape index (κ3) is 2.87. The van der Waals surface area contributed by atoms with Gasteiger partial charge >= 0.3 is 0 Å². The molecule has 3 nitrogen and oxygen atoms in total. The Morgan fingerprint density at radius 2 is 1.95 bits per heavy atom. The van der Waals surface area contributed by atoms with E-state index in [0.717, 1.165) is 29.1 Å². The second kappa shape index (κ2) is 5.31. The van der Waals surface area contributed by atoms with E-state index in [-0.39, 0.29) is 0 Å². The Balaban J connectivity index is 2.24. The number of aryl methyl sites for hydroxylation is 2. The molecule has 1 heterocycles. The number of aromatic nitrogens is 1. The maximum absolute atomic E-state index is 6.06. The fourth-order valence-electron chi connectivity index (χ4n) is 2.13. The average Bonchev–Trinajstić information content (AvgIpc) is 2.39. The van der Waals surface area contributed by atoms with Crippen LogP contribution in [0.1, 0.15) is 22.4 Å². The van der Waals surface area contributed by atoms with Crippen molar-refractivity contribution in [2.24, 2.45) is 0 Å². The van der Waals surface area contributed by atoms with Crippen LogP contribution in [-0.4, -0.2) is 12.0 Å². The van der Waals surface area contributed by atoms with Crippen LogP contribution >= 0.6 is 0 Å². The molecule has 0 aliphatic heterocycles. The van der Waals surface area contributed by atoms with E-state index >= 15 is 0 Å².